The summed E-state index contributed by atoms with van der Waals surface area (Å²) in [6.07, 6.45) is 8.53. The van der Waals surface area contributed by atoms with Crippen molar-refractivity contribution in [2.45, 2.75) is 0 Å². The smallest absolute Gasteiger partial charge is 0.253 e. The molecule has 3 aromatic rings. The van der Waals surface area contributed by atoms with Crippen molar-refractivity contribution in [3.05, 3.63) is 72.4 Å². The standard InChI is InChI=1S/C19H18N4OS/c1-3-11-23(18(24)10-9-15-12-20-22(2)13-15)19-21-17(14-25-19)16-7-5-4-6-8-16/h3-10,12-14H,1,11H2,2H3/b10-9+. The van der Waals surface area contributed by atoms with Crippen LogP contribution in [0.25, 0.3) is 17.3 Å². The number of thiazole rings is 1. The average molecular weight is 350 g/mol. The van der Waals surface area contributed by atoms with Crippen molar-refractivity contribution < 1.29 is 4.79 Å². The molecule has 0 aliphatic carbocycles. The van der Waals surface area contributed by atoms with E-state index in [1.807, 2.05) is 49.0 Å². The quantitative estimate of drug-likeness (QED) is 0.502. The van der Waals surface area contributed by atoms with Crippen molar-refractivity contribution >= 4 is 28.5 Å². The number of hydrogen-bond acceptors (Lipinski definition) is 4. The summed E-state index contributed by atoms with van der Waals surface area (Å²) in [7, 11) is 1.84. The molecule has 0 N–H and O–H groups in total. The van der Waals surface area contributed by atoms with Crippen molar-refractivity contribution in [3.63, 3.8) is 0 Å². The zero-order chi connectivity index (χ0) is 17.6. The van der Waals surface area contributed by atoms with Crippen LogP contribution in [0.1, 0.15) is 5.56 Å². The lowest BCUT2D eigenvalue weighted by Crippen LogP contribution is -2.29. The van der Waals surface area contributed by atoms with Gasteiger partial charge < -0.3 is 0 Å². The zero-order valence-electron chi connectivity index (χ0n) is 13.9. The second-order valence-electron chi connectivity index (χ2n) is 5.40. The molecule has 2 aromatic heterocycles. The number of hydrogen-bond donors (Lipinski definition) is 0. The number of nitrogens with zero attached hydrogens (tertiary/aromatic N) is 4. The molecule has 0 fully saturated rings. The minimum Gasteiger partial charge on any atom is -0.281 e. The van der Waals surface area contributed by atoms with Crippen LogP contribution in [0.15, 0.2) is 66.8 Å². The summed E-state index contributed by atoms with van der Waals surface area (Å²) in [6.45, 7) is 4.14. The summed E-state index contributed by atoms with van der Waals surface area (Å²) in [5.41, 5.74) is 2.76. The number of benzene rings is 1. The second-order valence-corrected chi connectivity index (χ2v) is 6.24. The van der Waals surface area contributed by atoms with E-state index in [0.717, 1.165) is 16.8 Å². The van der Waals surface area contributed by atoms with Crippen LogP contribution in [0.3, 0.4) is 0 Å². The van der Waals surface area contributed by atoms with Gasteiger partial charge in [0, 0.05) is 42.4 Å². The van der Waals surface area contributed by atoms with Gasteiger partial charge in [-0.25, -0.2) is 4.98 Å². The van der Waals surface area contributed by atoms with E-state index in [1.54, 1.807) is 27.9 Å². The lowest BCUT2D eigenvalue weighted by Gasteiger charge is -2.15. The van der Waals surface area contributed by atoms with E-state index in [-0.39, 0.29) is 5.91 Å². The van der Waals surface area contributed by atoms with Gasteiger partial charge in [-0.1, -0.05) is 36.4 Å². The first kappa shape index (κ1) is 16.9. The van der Waals surface area contributed by atoms with E-state index in [0.29, 0.717) is 11.7 Å². The van der Waals surface area contributed by atoms with Crippen LogP contribution in [-0.4, -0.2) is 27.2 Å². The van der Waals surface area contributed by atoms with Gasteiger partial charge in [0.1, 0.15) is 0 Å². The summed E-state index contributed by atoms with van der Waals surface area (Å²) < 4.78 is 1.69. The van der Waals surface area contributed by atoms with Gasteiger partial charge >= 0.3 is 0 Å². The highest BCUT2D eigenvalue weighted by Gasteiger charge is 2.16. The number of rotatable bonds is 6. The number of aryl methyl sites for hydroxylation is 1. The minimum atomic E-state index is -0.141. The van der Waals surface area contributed by atoms with Gasteiger partial charge in [0.15, 0.2) is 5.13 Å². The maximum Gasteiger partial charge on any atom is 0.253 e. The first-order chi connectivity index (χ1) is 12.2. The Kier molecular flexibility index (Phi) is 5.20. The van der Waals surface area contributed by atoms with Crippen molar-refractivity contribution in [1.82, 2.24) is 14.8 Å². The largest absolute Gasteiger partial charge is 0.281 e. The predicted molar refractivity (Wildman–Crippen MR) is 102 cm³/mol. The molecule has 0 spiro atoms. The molecule has 0 unspecified atom stereocenters. The van der Waals surface area contributed by atoms with Crippen molar-refractivity contribution in [2.24, 2.45) is 7.05 Å². The van der Waals surface area contributed by atoms with Crippen LogP contribution < -0.4 is 4.90 Å². The molecular weight excluding hydrogens is 332 g/mol. The molecule has 6 heteroatoms. The van der Waals surface area contributed by atoms with Crippen molar-refractivity contribution in [3.8, 4) is 11.3 Å². The maximum atomic E-state index is 12.6. The molecule has 1 amide bonds. The van der Waals surface area contributed by atoms with Crippen LogP contribution in [0.5, 0.6) is 0 Å². The lowest BCUT2D eigenvalue weighted by atomic mass is 10.2. The van der Waals surface area contributed by atoms with E-state index in [1.165, 1.54) is 17.4 Å². The fourth-order valence-corrected chi connectivity index (χ4v) is 3.15. The molecule has 3 rings (SSSR count). The normalized spacial score (nSPS) is 10.9. The fraction of sp³-hybridized carbons (Fsp3) is 0.105. The van der Waals surface area contributed by atoms with Crippen molar-refractivity contribution in [1.29, 1.82) is 0 Å². The molecule has 5 nitrogen and oxygen atoms in total. The Hall–Kier alpha value is -2.99. The summed E-state index contributed by atoms with van der Waals surface area (Å²) in [5, 5.41) is 6.69. The van der Waals surface area contributed by atoms with E-state index in [9.17, 15) is 4.79 Å². The van der Waals surface area contributed by atoms with Gasteiger partial charge in [-0.05, 0) is 6.08 Å². The molecule has 0 saturated heterocycles. The monoisotopic (exact) mass is 350 g/mol. The fourth-order valence-electron chi connectivity index (χ4n) is 2.30. The van der Waals surface area contributed by atoms with Crippen LogP contribution in [0.2, 0.25) is 0 Å². The number of carbonyl (C=O) groups excluding carboxylic acids is 1. The first-order valence-electron chi connectivity index (χ1n) is 7.77. The van der Waals surface area contributed by atoms with Crippen LogP contribution >= 0.6 is 11.3 Å². The number of carbonyl (C=O) groups is 1. The van der Waals surface area contributed by atoms with E-state index < -0.39 is 0 Å². The molecule has 126 valence electrons. The molecule has 2 heterocycles. The molecule has 0 saturated carbocycles. The zero-order valence-corrected chi connectivity index (χ0v) is 14.7. The molecule has 25 heavy (non-hydrogen) atoms. The Bertz CT molecular complexity index is 895. The van der Waals surface area contributed by atoms with Crippen LogP contribution in [-0.2, 0) is 11.8 Å². The summed E-state index contributed by atoms with van der Waals surface area (Å²) >= 11 is 1.44. The second kappa shape index (κ2) is 7.72. The molecule has 0 radical (unpaired) electrons. The van der Waals surface area contributed by atoms with E-state index in [2.05, 4.69) is 16.7 Å². The molecule has 1 aromatic carbocycles. The highest BCUT2D eigenvalue weighted by molar-refractivity contribution is 7.14. The number of aromatic nitrogens is 3. The average Bonchev–Trinajstić information content (AvgIpc) is 3.27. The Morgan fingerprint density at radius 1 is 1.36 bits per heavy atom. The molecule has 0 atom stereocenters. The third kappa shape index (κ3) is 4.10. The molecular formula is C19H18N4OS. The van der Waals surface area contributed by atoms with Gasteiger partial charge in [-0.2, -0.15) is 5.10 Å². The van der Waals surface area contributed by atoms with Gasteiger partial charge in [-0.3, -0.25) is 14.4 Å². The van der Waals surface area contributed by atoms with Crippen LogP contribution in [0, 0.1) is 0 Å². The summed E-state index contributed by atoms with van der Waals surface area (Å²) in [4.78, 5) is 18.8. The third-order valence-corrected chi connectivity index (χ3v) is 4.38. The Morgan fingerprint density at radius 3 is 2.84 bits per heavy atom. The third-order valence-electron chi connectivity index (χ3n) is 3.51. The number of anilines is 1. The van der Waals surface area contributed by atoms with Gasteiger partial charge in [0.2, 0.25) is 0 Å². The Morgan fingerprint density at radius 2 is 2.16 bits per heavy atom. The van der Waals surface area contributed by atoms with E-state index >= 15 is 0 Å². The highest BCUT2D eigenvalue weighted by atomic mass is 32.1. The Labute approximate surface area is 150 Å². The summed E-state index contributed by atoms with van der Waals surface area (Å²) in [5.74, 6) is -0.141. The maximum absolute atomic E-state index is 12.6. The molecule has 0 aliphatic heterocycles. The molecule has 0 aliphatic rings. The van der Waals surface area contributed by atoms with Gasteiger partial charge in [-0.15, -0.1) is 17.9 Å². The first-order valence-corrected chi connectivity index (χ1v) is 8.65. The SMILES string of the molecule is C=CCN(C(=O)/C=C/c1cnn(C)c1)c1nc(-c2ccccc2)cs1. The topological polar surface area (TPSA) is 51.0 Å². The van der Waals surface area contributed by atoms with E-state index in [4.69, 9.17) is 0 Å². The minimum absolute atomic E-state index is 0.141. The summed E-state index contributed by atoms with van der Waals surface area (Å²) in [6, 6.07) is 9.91. The van der Waals surface area contributed by atoms with Crippen molar-refractivity contribution in [2.75, 3.05) is 11.4 Å². The highest BCUT2D eigenvalue weighted by Crippen LogP contribution is 2.27. The Balaban J connectivity index is 1.81. The lowest BCUT2D eigenvalue weighted by molar-refractivity contribution is -0.114. The van der Waals surface area contributed by atoms with Crippen LogP contribution in [0.4, 0.5) is 5.13 Å². The number of amides is 1. The van der Waals surface area contributed by atoms with Gasteiger partial charge in [0.05, 0.1) is 11.9 Å². The molecule has 0 bridgehead atoms. The van der Waals surface area contributed by atoms with Gasteiger partial charge in [0.25, 0.3) is 5.91 Å². The predicted octanol–water partition coefficient (Wildman–Crippen LogP) is 3.78.